The Kier molecular flexibility index (Phi) is 6.89. The van der Waals surface area contributed by atoms with E-state index in [1.807, 2.05) is 20.8 Å². The van der Waals surface area contributed by atoms with Gasteiger partial charge in [0, 0.05) is 53.0 Å². The molecule has 0 radical (unpaired) electrons. The maximum absolute atomic E-state index is 12.1. The number of nitrogens with one attached hydrogen (secondary N) is 2. The molecule has 0 aromatic carbocycles. The maximum atomic E-state index is 12.1. The van der Waals surface area contributed by atoms with Crippen molar-refractivity contribution < 1.29 is 4.21 Å². The van der Waals surface area contributed by atoms with Crippen LogP contribution in [0.2, 0.25) is 0 Å². The van der Waals surface area contributed by atoms with Gasteiger partial charge in [-0.2, -0.15) is 0 Å². The number of likely N-dealkylation sites (tertiary alicyclic amines) is 1. The van der Waals surface area contributed by atoms with Gasteiger partial charge in [0.2, 0.25) is 0 Å². The van der Waals surface area contributed by atoms with Crippen molar-refractivity contribution in [3.8, 4) is 0 Å². The van der Waals surface area contributed by atoms with Gasteiger partial charge in [-0.3, -0.25) is 9.20 Å². The number of guanidine groups is 1. The molecule has 1 aliphatic carbocycles. The lowest BCUT2D eigenvalue weighted by Crippen LogP contribution is -2.49. The molecule has 1 unspecified atom stereocenters. The summed E-state index contributed by atoms with van der Waals surface area (Å²) >= 11 is 0. The molecule has 1 aliphatic heterocycles. The van der Waals surface area contributed by atoms with Crippen molar-refractivity contribution in [1.82, 2.24) is 15.5 Å². The summed E-state index contributed by atoms with van der Waals surface area (Å²) in [6.45, 7) is 12.0. The topological polar surface area (TPSA) is 56.7 Å². The molecule has 134 valence electrons. The Morgan fingerprint density at radius 1 is 1.22 bits per heavy atom. The zero-order chi connectivity index (χ0) is 16.9. The van der Waals surface area contributed by atoms with Gasteiger partial charge in [0.25, 0.3) is 0 Å². The summed E-state index contributed by atoms with van der Waals surface area (Å²) in [6.07, 6.45) is 5.17. The van der Waals surface area contributed by atoms with E-state index in [0.29, 0.717) is 18.3 Å². The number of rotatable bonds is 6. The van der Waals surface area contributed by atoms with Crippen LogP contribution in [0.1, 0.15) is 53.4 Å². The molecular formula is C17H34N4OS. The molecule has 0 aromatic heterocycles. The highest BCUT2D eigenvalue weighted by molar-refractivity contribution is 7.86. The van der Waals surface area contributed by atoms with E-state index in [1.165, 1.54) is 38.8 Å². The van der Waals surface area contributed by atoms with Crippen molar-refractivity contribution in [2.24, 2.45) is 4.99 Å². The maximum Gasteiger partial charge on any atom is 0.191 e. The normalized spacial score (nSPS) is 22.9. The summed E-state index contributed by atoms with van der Waals surface area (Å²) in [5.74, 6) is 1.50. The van der Waals surface area contributed by atoms with Crippen LogP contribution < -0.4 is 10.6 Å². The molecule has 23 heavy (non-hydrogen) atoms. The third-order valence-electron chi connectivity index (χ3n) is 4.51. The van der Waals surface area contributed by atoms with Gasteiger partial charge in [0.15, 0.2) is 5.96 Å². The Bertz CT molecular complexity index is 421. The number of hydrogen-bond acceptors (Lipinski definition) is 3. The minimum atomic E-state index is -0.837. The average molecular weight is 343 g/mol. The third kappa shape index (κ3) is 6.42. The SMILES string of the molecule is CCNC(=NCCS(=O)C(C)(C)C)NC1CCN(C2CC2)CC1. The summed E-state index contributed by atoms with van der Waals surface area (Å²) in [6, 6.07) is 1.39. The molecule has 0 bridgehead atoms. The van der Waals surface area contributed by atoms with Crippen LogP contribution in [-0.4, -0.2) is 63.8 Å². The summed E-state index contributed by atoms with van der Waals surface area (Å²) in [5.41, 5.74) is 0. The van der Waals surface area contributed by atoms with Gasteiger partial charge in [-0.1, -0.05) is 0 Å². The predicted octanol–water partition coefficient (Wildman–Crippen LogP) is 1.72. The van der Waals surface area contributed by atoms with E-state index in [1.54, 1.807) is 0 Å². The first-order valence-corrected chi connectivity index (χ1v) is 10.4. The quantitative estimate of drug-likeness (QED) is 0.570. The first kappa shape index (κ1) is 18.7. The van der Waals surface area contributed by atoms with E-state index in [2.05, 4.69) is 27.4 Å². The molecule has 1 atom stereocenters. The van der Waals surface area contributed by atoms with Gasteiger partial charge in [-0.05, 0) is 53.4 Å². The smallest absolute Gasteiger partial charge is 0.191 e. The molecule has 0 amide bonds. The molecule has 5 nitrogen and oxygen atoms in total. The molecule has 0 spiro atoms. The van der Waals surface area contributed by atoms with Gasteiger partial charge >= 0.3 is 0 Å². The number of aliphatic imine (C=N–C) groups is 1. The Morgan fingerprint density at radius 2 is 1.87 bits per heavy atom. The number of nitrogens with zero attached hydrogens (tertiary/aromatic N) is 2. The van der Waals surface area contributed by atoms with Crippen molar-refractivity contribution in [3.05, 3.63) is 0 Å². The fourth-order valence-corrected chi connectivity index (χ4v) is 3.78. The lowest BCUT2D eigenvalue weighted by molar-refractivity contribution is 0.197. The van der Waals surface area contributed by atoms with Gasteiger partial charge in [0.1, 0.15) is 0 Å². The highest BCUT2D eigenvalue weighted by Crippen LogP contribution is 2.29. The van der Waals surface area contributed by atoms with Crippen LogP contribution in [0.25, 0.3) is 0 Å². The van der Waals surface area contributed by atoms with Gasteiger partial charge in [-0.25, -0.2) is 0 Å². The molecular weight excluding hydrogens is 308 g/mol. The van der Waals surface area contributed by atoms with Crippen molar-refractivity contribution in [2.75, 3.05) is 31.9 Å². The molecule has 1 saturated heterocycles. The standard InChI is InChI=1S/C17H34N4OS/c1-5-18-16(19-10-13-23(22)17(2,3)4)20-14-8-11-21(12-9-14)15-6-7-15/h14-15H,5-13H2,1-4H3,(H2,18,19,20). The summed E-state index contributed by atoms with van der Waals surface area (Å²) in [7, 11) is -0.837. The molecule has 2 rings (SSSR count). The first-order chi connectivity index (χ1) is 10.9. The van der Waals surface area contributed by atoms with Gasteiger partial charge in [0.05, 0.1) is 6.54 Å². The monoisotopic (exact) mass is 342 g/mol. The van der Waals surface area contributed by atoms with E-state index in [-0.39, 0.29) is 4.75 Å². The average Bonchev–Trinajstić information content (AvgIpc) is 3.32. The zero-order valence-electron chi connectivity index (χ0n) is 15.2. The Balaban J connectivity index is 1.76. The summed E-state index contributed by atoms with van der Waals surface area (Å²) in [5, 5.41) is 6.88. The summed E-state index contributed by atoms with van der Waals surface area (Å²) < 4.78 is 11.9. The highest BCUT2D eigenvalue weighted by atomic mass is 32.2. The second-order valence-electron chi connectivity index (χ2n) is 7.61. The van der Waals surface area contributed by atoms with Crippen LogP contribution in [0.3, 0.4) is 0 Å². The molecule has 2 N–H and O–H groups in total. The van der Waals surface area contributed by atoms with Crippen LogP contribution in [0.15, 0.2) is 4.99 Å². The fourth-order valence-electron chi connectivity index (χ4n) is 2.91. The Morgan fingerprint density at radius 3 is 2.39 bits per heavy atom. The van der Waals surface area contributed by atoms with Crippen molar-refractivity contribution in [1.29, 1.82) is 0 Å². The van der Waals surface area contributed by atoms with Crippen LogP contribution >= 0.6 is 0 Å². The summed E-state index contributed by atoms with van der Waals surface area (Å²) in [4.78, 5) is 7.25. The second-order valence-corrected chi connectivity index (χ2v) is 9.93. The first-order valence-electron chi connectivity index (χ1n) is 9.07. The van der Waals surface area contributed by atoms with Crippen molar-refractivity contribution >= 4 is 16.8 Å². The van der Waals surface area contributed by atoms with E-state index >= 15 is 0 Å². The van der Waals surface area contributed by atoms with Gasteiger partial charge in [-0.15, -0.1) is 0 Å². The molecule has 1 heterocycles. The lowest BCUT2D eigenvalue weighted by atomic mass is 10.1. The lowest BCUT2D eigenvalue weighted by Gasteiger charge is -2.33. The van der Waals surface area contributed by atoms with Crippen LogP contribution in [0, 0.1) is 0 Å². The number of hydrogen-bond donors (Lipinski definition) is 2. The molecule has 2 fully saturated rings. The molecule has 2 aliphatic rings. The largest absolute Gasteiger partial charge is 0.357 e. The Hall–Kier alpha value is -0.620. The van der Waals surface area contributed by atoms with E-state index in [0.717, 1.165) is 18.5 Å². The zero-order valence-corrected chi connectivity index (χ0v) is 16.0. The Labute approximate surface area is 144 Å². The third-order valence-corrected chi connectivity index (χ3v) is 6.43. The minimum absolute atomic E-state index is 0.156. The van der Waals surface area contributed by atoms with E-state index in [4.69, 9.17) is 0 Å². The minimum Gasteiger partial charge on any atom is -0.357 e. The van der Waals surface area contributed by atoms with Crippen LogP contribution in [-0.2, 0) is 10.8 Å². The van der Waals surface area contributed by atoms with Crippen LogP contribution in [0.4, 0.5) is 0 Å². The van der Waals surface area contributed by atoms with Gasteiger partial charge < -0.3 is 15.5 Å². The molecule has 6 heteroatoms. The van der Waals surface area contributed by atoms with Crippen molar-refractivity contribution in [2.45, 2.75) is 70.2 Å². The van der Waals surface area contributed by atoms with E-state index < -0.39 is 10.8 Å². The fraction of sp³-hybridized carbons (Fsp3) is 0.941. The highest BCUT2D eigenvalue weighted by Gasteiger charge is 2.31. The van der Waals surface area contributed by atoms with Crippen LogP contribution in [0.5, 0.6) is 0 Å². The molecule has 1 saturated carbocycles. The number of piperidine rings is 1. The predicted molar refractivity (Wildman–Crippen MR) is 99.5 cm³/mol. The molecule has 0 aromatic rings. The van der Waals surface area contributed by atoms with Crippen molar-refractivity contribution in [3.63, 3.8) is 0 Å². The second kappa shape index (κ2) is 8.47. The van der Waals surface area contributed by atoms with E-state index in [9.17, 15) is 4.21 Å².